The fraction of sp³-hybridized carbons (Fsp3) is 0.800. The summed E-state index contributed by atoms with van der Waals surface area (Å²) in [6.07, 6.45) is 6.51. The van der Waals surface area contributed by atoms with Gasteiger partial charge in [0.05, 0.1) is 14.0 Å². The lowest BCUT2D eigenvalue weighted by molar-refractivity contribution is -0.0203. The van der Waals surface area contributed by atoms with Gasteiger partial charge in [0.15, 0.2) is 0 Å². The van der Waals surface area contributed by atoms with Crippen LogP contribution in [0.3, 0.4) is 0 Å². The third-order valence-corrected chi connectivity index (χ3v) is 5.69. The number of hydrogen-bond acceptors (Lipinski definition) is 1. The van der Waals surface area contributed by atoms with E-state index in [4.69, 9.17) is 11.3 Å². The molecule has 0 spiro atoms. The summed E-state index contributed by atoms with van der Waals surface area (Å²) in [4.78, 5) is 0. The Labute approximate surface area is 77.4 Å². The van der Waals surface area contributed by atoms with Crippen molar-refractivity contribution >= 4 is 8.80 Å². The summed E-state index contributed by atoms with van der Waals surface area (Å²) in [5.41, 5.74) is 0. The maximum Gasteiger partial charge on any atom is 0.0699 e. The van der Waals surface area contributed by atoms with Gasteiger partial charge in [-0.2, -0.15) is 0 Å². The summed E-state index contributed by atoms with van der Waals surface area (Å²) in [6.45, 7) is 11.2. The molecule has 0 aromatic rings. The van der Waals surface area contributed by atoms with Crippen molar-refractivity contribution in [2.45, 2.75) is 44.0 Å². The fourth-order valence-electron chi connectivity index (χ4n) is 1.93. The molecule has 0 saturated carbocycles. The Morgan fingerprint density at radius 1 is 1.50 bits per heavy atom. The van der Waals surface area contributed by atoms with Gasteiger partial charge in [-0.1, -0.05) is 25.7 Å². The number of hydrogen-bond donors (Lipinski definition) is 0. The summed E-state index contributed by atoms with van der Waals surface area (Å²) < 4.78 is 5.92. The molecule has 0 N–H and O–H groups in total. The van der Waals surface area contributed by atoms with Crippen LogP contribution in [-0.2, 0) is 4.74 Å². The summed E-state index contributed by atoms with van der Waals surface area (Å²) in [7, 11) is -0.739. The molecule has 1 nitrogen and oxygen atoms in total. The van der Waals surface area contributed by atoms with Gasteiger partial charge in [0, 0.05) is 6.61 Å². The minimum absolute atomic E-state index is 0.188. The van der Waals surface area contributed by atoms with Gasteiger partial charge in [-0.05, 0) is 25.7 Å². The van der Waals surface area contributed by atoms with Crippen molar-refractivity contribution in [2.24, 2.45) is 0 Å². The summed E-state index contributed by atoms with van der Waals surface area (Å²) in [6, 6.07) is 0. The third-order valence-electron chi connectivity index (χ3n) is 2.90. The molecule has 1 atom stereocenters. The second-order valence-corrected chi connectivity index (χ2v) is 7.33. The van der Waals surface area contributed by atoms with Crippen molar-refractivity contribution in [1.82, 2.24) is 0 Å². The molecule has 1 rings (SSSR count). The SMILES string of the molecule is [CH]=CCC1([SiH](C)C)CCCCO1. The summed E-state index contributed by atoms with van der Waals surface area (Å²) >= 11 is 0. The van der Waals surface area contributed by atoms with Crippen LogP contribution in [0.25, 0.3) is 0 Å². The first-order valence-corrected chi connectivity index (χ1v) is 7.77. The highest BCUT2D eigenvalue weighted by Crippen LogP contribution is 2.31. The predicted octanol–water partition coefficient (Wildman–Crippen LogP) is 2.33. The van der Waals surface area contributed by atoms with Crippen molar-refractivity contribution < 1.29 is 4.74 Å². The van der Waals surface area contributed by atoms with Gasteiger partial charge in [0.1, 0.15) is 0 Å². The molecule has 0 amide bonds. The first kappa shape index (κ1) is 10.0. The Balaban J connectivity index is 2.62. The first-order chi connectivity index (χ1) is 5.71. The largest absolute Gasteiger partial charge is 0.379 e. The Bertz CT molecular complexity index is 148. The normalized spacial score (nSPS) is 30.6. The quantitative estimate of drug-likeness (QED) is 0.610. The Hall–Kier alpha value is -0.0831. The molecular weight excluding hydrogens is 164 g/mol. The molecule has 1 saturated heterocycles. The Morgan fingerprint density at radius 2 is 2.25 bits per heavy atom. The van der Waals surface area contributed by atoms with E-state index in [0.29, 0.717) is 0 Å². The van der Waals surface area contributed by atoms with E-state index in [9.17, 15) is 0 Å². The third kappa shape index (κ3) is 1.99. The molecule has 0 aromatic heterocycles. The minimum Gasteiger partial charge on any atom is -0.379 e. The lowest BCUT2D eigenvalue weighted by atomic mass is 10.1. The molecule has 1 unspecified atom stereocenters. The lowest BCUT2D eigenvalue weighted by Gasteiger charge is -2.39. The number of rotatable bonds is 3. The van der Waals surface area contributed by atoms with Gasteiger partial charge < -0.3 is 4.74 Å². The molecule has 0 aliphatic carbocycles. The fourth-order valence-corrected chi connectivity index (χ4v) is 3.77. The standard InChI is InChI=1S/C10H19OSi/c1-4-7-10(12(2)3)8-5-6-9-11-10/h1,4,12H,5-9H2,2-3H3. The zero-order chi connectivity index (χ0) is 9.03. The maximum absolute atomic E-state index is 5.92. The maximum atomic E-state index is 5.92. The average Bonchev–Trinajstić information content (AvgIpc) is 2.06. The van der Waals surface area contributed by atoms with Gasteiger partial charge in [-0.3, -0.25) is 0 Å². The van der Waals surface area contributed by atoms with Crippen LogP contribution < -0.4 is 0 Å². The molecule has 1 radical (unpaired) electrons. The van der Waals surface area contributed by atoms with Crippen LogP contribution in [0.2, 0.25) is 13.1 Å². The number of ether oxygens (including phenoxy) is 1. The van der Waals surface area contributed by atoms with E-state index >= 15 is 0 Å². The zero-order valence-corrected chi connectivity index (χ0v) is 9.33. The van der Waals surface area contributed by atoms with Crippen molar-refractivity contribution in [2.75, 3.05) is 6.61 Å². The summed E-state index contributed by atoms with van der Waals surface area (Å²) in [5.74, 6) is 0. The van der Waals surface area contributed by atoms with E-state index in [0.717, 1.165) is 13.0 Å². The van der Waals surface area contributed by atoms with Crippen molar-refractivity contribution in [3.05, 3.63) is 12.7 Å². The molecule has 0 bridgehead atoms. The lowest BCUT2D eigenvalue weighted by Crippen LogP contribution is -2.46. The van der Waals surface area contributed by atoms with Crippen LogP contribution in [0.4, 0.5) is 0 Å². The van der Waals surface area contributed by atoms with Gasteiger partial charge in [0.25, 0.3) is 0 Å². The van der Waals surface area contributed by atoms with Crippen molar-refractivity contribution in [3.8, 4) is 0 Å². The topological polar surface area (TPSA) is 9.23 Å². The summed E-state index contributed by atoms with van der Waals surface area (Å²) in [5, 5.41) is 0.188. The highest BCUT2D eigenvalue weighted by molar-refractivity contribution is 6.59. The van der Waals surface area contributed by atoms with Gasteiger partial charge >= 0.3 is 0 Å². The van der Waals surface area contributed by atoms with Crippen LogP contribution in [0, 0.1) is 6.58 Å². The molecule has 1 aliphatic heterocycles. The smallest absolute Gasteiger partial charge is 0.0699 e. The van der Waals surface area contributed by atoms with Crippen LogP contribution in [0.15, 0.2) is 6.08 Å². The highest BCUT2D eigenvalue weighted by atomic mass is 28.3. The average molecular weight is 183 g/mol. The van der Waals surface area contributed by atoms with E-state index in [2.05, 4.69) is 13.1 Å². The Morgan fingerprint density at radius 3 is 2.67 bits per heavy atom. The molecule has 0 aromatic carbocycles. The molecule has 1 fully saturated rings. The molecule has 1 aliphatic rings. The van der Waals surface area contributed by atoms with E-state index in [-0.39, 0.29) is 5.22 Å². The molecular formula is C10H19OSi. The van der Waals surface area contributed by atoms with E-state index < -0.39 is 8.80 Å². The van der Waals surface area contributed by atoms with Crippen LogP contribution in [0.5, 0.6) is 0 Å². The monoisotopic (exact) mass is 183 g/mol. The molecule has 69 valence electrons. The van der Waals surface area contributed by atoms with Gasteiger partial charge in [0.2, 0.25) is 0 Å². The van der Waals surface area contributed by atoms with E-state index in [1.807, 2.05) is 0 Å². The van der Waals surface area contributed by atoms with E-state index in [1.54, 1.807) is 6.08 Å². The molecule has 1 heterocycles. The first-order valence-electron chi connectivity index (χ1n) is 4.88. The van der Waals surface area contributed by atoms with Crippen LogP contribution in [0.1, 0.15) is 25.7 Å². The minimum atomic E-state index is -0.739. The van der Waals surface area contributed by atoms with Gasteiger partial charge in [-0.25, -0.2) is 0 Å². The van der Waals surface area contributed by atoms with Crippen molar-refractivity contribution in [1.29, 1.82) is 0 Å². The second kappa shape index (κ2) is 4.24. The van der Waals surface area contributed by atoms with Crippen molar-refractivity contribution in [3.63, 3.8) is 0 Å². The van der Waals surface area contributed by atoms with E-state index in [1.165, 1.54) is 19.3 Å². The Kier molecular flexibility index (Phi) is 3.53. The second-order valence-electron chi connectivity index (χ2n) is 3.96. The zero-order valence-electron chi connectivity index (χ0n) is 8.18. The predicted molar refractivity (Wildman–Crippen MR) is 54.9 cm³/mol. The van der Waals surface area contributed by atoms with Crippen LogP contribution >= 0.6 is 0 Å². The highest BCUT2D eigenvalue weighted by Gasteiger charge is 2.35. The van der Waals surface area contributed by atoms with Gasteiger partial charge in [-0.15, -0.1) is 0 Å². The molecule has 12 heavy (non-hydrogen) atoms. The van der Waals surface area contributed by atoms with Crippen LogP contribution in [-0.4, -0.2) is 20.6 Å². The molecule has 2 heteroatoms.